The third kappa shape index (κ3) is 3.64. The standard InChI is InChI=1S/C18H27N3O2S/c1-4-20-12-18(9-17(20)23)11-19(7-8-21(13-18)15(3)22)10-16-6-5-14(2)24-16/h5-6H,4,7-13H2,1-3H3/t18-/m1/s1. The Morgan fingerprint density at radius 1 is 1.25 bits per heavy atom. The van der Waals surface area contributed by atoms with Crippen LogP contribution in [0.1, 0.15) is 30.0 Å². The van der Waals surface area contributed by atoms with Gasteiger partial charge in [-0.3, -0.25) is 14.5 Å². The van der Waals surface area contributed by atoms with Crippen LogP contribution in [0.3, 0.4) is 0 Å². The molecule has 0 aromatic carbocycles. The predicted octanol–water partition coefficient (Wildman–Crippen LogP) is 1.96. The fourth-order valence-electron chi connectivity index (χ4n) is 4.03. The number of hydrogen-bond acceptors (Lipinski definition) is 4. The highest BCUT2D eigenvalue weighted by Crippen LogP contribution is 2.35. The number of likely N-dealkylation sites (tertiary alicyclic amines) is 1. The second kappa shape index (κ2) is 6.84. The molecule has 24 heavy (non-hydrogen) atoms. The summed E-state index contributed by atoms with van der Waals surface area (Å²) in [5.41, 5.74) is -0.123. The van der Waals surface area contributed by atoms with Crippen molar-refractivity contribution in [2.45, 2.75) is 33.7 Å². The van der Waals surface area contributed by atoms with E-state index in [1.165, 1.54) is 9.75 Å². The average molecular weight is 350 g/mol. The minimum atomic E-state index is -0.123. The van der Waals surface area contributed by atoms with Gasteiger partial charge in [-0.05, 0) is 26.0 Å². The van der Waals surface area contributed by atoms with Crippen molar-refractivity contribution in [1.82, 2.24) is 14.7 Å². The van der Waals surface area contributed by atoms with Crippen molar-refractivity contribution in [3.63, 3.8) is 0 Å². The number of hydrogen-bond donors (Lipinski definition) is 0. The van der Waals surface area contributed by atoms with E-state index in [9.17, 15) is 9.59 Å². The lowest BCUT2D eigenvalue weighted by molar-refractivity contribution is -0.130. The van der Waals surface area contributed by atoms with Gasteiger partial charge in [0.25, 0.3) is 0 Å². The van der Waals surface area contributed by atoms with Crippen molar-refractivity contribution >= 4 is 23.2 Å². The summed E-state index contributed by atoms with van der Waals surface area (Å²) < 4.78 is 0. The molecule has 0 bridgehead atoms. The maximum atomic E-state index is 12.3. The number of carbonyl (C=O) groups is 2. The van der Waals surface area contributed by atoms with Crippen molar-refractivity contribution in [2.75, 3.05) is 39.3 Å². The number of aryl methyl sites for hydroxylation is 1. The summed E-state index contributed by atoms with van der Waals surface area (Å²) >= 11 is 1.83. The first-order valence-corrected chi connectivity index (χ1v) is 9.53. The van der Waals surface area contributed by atoms with Gasteiger partial charge in [-0.1, -0.05) is 0 Å². The molecule has 2 aliphatic heterocycles. The third-order valence-electron chi connectivity index (χ3n) is 5.18. The van der Waals surface area contributed by atoms with Crippen LogP contribution in [0.5, 0.6) is 0 Å². The van der Waals surface area contributed by atoms with E-state index in [0.717, 1.165) is 39.3 Å². The monoisotopic (exact) mass is 349 g/mol. The molecule has 0 N–H and O–H groups in total. The smallest absolute Gasteiger partial charge is 0.223 e. The van der Waals surface area contributed by atoms with Gasteiger partial charge in [0.15, 0.2) is 0 Å². The van der Waals surface area contributed by atoms with E-state index in [-0.39, 0.29) is 17.2 Å². The molecule has 1 atom stereocenters. The van der Waals surface area contributed by atoms with E-state index in [1.54, 1.807) is 6.92 Å². The lowest BCUT2D eigenvalue weighted by Crippen LogP contribution is -2.43. The minimum Gasteiger partial charge on any atom is -0.342 e. The minimum absolute atomic E-state index is 0.116. The second-order valence-corrected chi connectivity index (χ2v) is 8.62. The highest BCUT2D eigenvalue weighted by Gasteiger charge is 2.46. The molecule has 2 fully saturated rings. The normalized spacial score (nSPS) is 25.5. The number of nitrogens with zero attached hydrogens (tertiary/aromatic N) is 3. The highest BCUT2D eigenvalue weighted by molar-refractivity contribution is 7.11. The zero-order valence-electron chi connectivity index (χ0n) is 14.9. The maximum absolute atomic E-state index is 12.3. The molecule has 0 saturated carbocycles. The zero-order chi connectivity index (χ0) is 17.3. The molecule has 0 unspecified atom stereocenters. The van der Waals surface area contributed by atoms with Crippen LogP contribution in [0.4, 0.5) is 0 Å². The molecule has 5 nitrogen and oxygen atoms in total. The first-order chi connectivity index (χ1) is 11.4. The molecule has 1 aromatic heterocycles. The summed E-state index contributed by atoms with van der Waals surface area (Å²) in [4.78, 5) is 33.3. The van der Waals surface area contributed by atoms with Crippen LogP contribution < -0.4 is 0 Å². The van der Waals surface area contributed by atoms with Gasteiger partial charge in [0, 0.05) is 74.3 Å². The zero-order valence-corrected chi connectivity index (χ0v) is 15.7. The molecule has 0 aliphatic carbocycles. The number of amides is 2. The molecule has 3 heterocycles. The summed E-state index contributed by atoms with van der Waals surface area (Å²) in [5.74, 6) is 0.348. The van der Waals surface area contributed by atoms with Crippen molar-refractivity contribution < 1.29 is 9.59 Å². The van der Waals surface area contributed by atoms with Gasteiger partial charge in [0.1, 0.15) is 0 Å². The number of rotatable bonds is 3. The van der Waals surface area contributed by atoms with E-state index < -0.39 is 0 Å². The van der Waals surface area contributed by atoms with E-state index in [4.69, 9.17) is 0 Å². The van der Waals surface area contributed by atoms with Gasteiger partial charge in [-0.2, -0.15) is 0 Å². The van der Waals surface area contributed by atoms with Gasteiger partial charge < -0.3 is 9.80 Å². The van der Waals surface area contributed by atoms with Crippen LogP contribution in [0, 0.1) is 12.3 Å². The van der Waals surface area contributed by atoms with Crippen molar-refractivity contribution in [3.8, 4) is 0 Å². The number of thiophene rings is 1. The summed E-state index contributed by atoms with van der Waals surface area (Å²) in [6.45, 7) is 11.4. The third-order valence-corrected chi connectivity index (χ3v) is 6.16. The number of carbonyl (C=O) groups excluding carboxylic acids is 2. The largest absolute Gasteiger partial charge is 0.342 e. The van der Waals surface area contributed by atoms with Crippen LogP contribution >= 0.6 is 11.3 Å². The van der Waals surface area contributed by atoms with Gasteiger partial charge in [0.2, 0.25) is 11.8 Å². The Hall–Kier alpha value is -1.40. The van der Waals surface area contributed by atoms with Crippen molar-refractivity contribution in [2.24, 2.45) is 5.41 Å². The summed E-state index contributed by atoms with van der Waals surface area (Å²) in [6.07, 6.45) is 0.560. The lowest BCUT2D eigenvalue weighted by Gasteiger charge is -2.33. The fourth-order valence-corrected chi connectivity index (χ4v) is 4.96. The Kier molecular flexibility index (Phi) is 4.97. The van der Waals surface area contributed by atoms with Crippen LogP contribution in [0.2, 0.25) is 0 Å². The quantitative estimate of drug-likeness (QED) is 0.838. The Labute approximate surface area is 148 Å². The molecule has 2 amide bonds. The predicted molar refractivity (Wildman–Crippen MR) is 95.9 cm³/mol. The molecule has 1 spiro atoms. The van der Waals surface area contributed by atoms with Gasteiger partial charge in [-0.15, -0.1) is 11.3 Å². The Morgan fingerprint density at radius 2 is 2.04 bits per heavy atom. The van der Waals surface area contributed by atoms with E-state index >= 15 is 0 Å². The molecule has 3 rings (SSSR count). The topological polar surface area (TPSA) is 43.9 Å². The summed E-state index contributed by atoms with van der Waals surface area (Å²) in [5, 5.41) is 0. The van der Waals surface area contributed by atoms with Crippen molar-refractivity contribution in [3.05, 3.63) is 21.9 Å². The average Bonchev–Trinajstić information content (AvgIpc) is 3.00. The van der Waals surface area contributed by atoms with Gasteiger partial charge >= 0.3 is 0 Å². The Morgan fingerprint density at radius 3 is 2.62 bits per heavy atom. The van der Waals surface area contributed by atoms with E-state index in [2.05, 4.69) is 24.0 Å². The van der Waals surface area contributed by atoms with Gasteiger partial charge in [-0.25, -0.2) is 0 Å². The van der Waals surface area contributed by atoms with Crippen LogP contribution in [-0.4, -0.2) is 65.8 Å². The van der Waals surface area contributed by atoms with Crippen LogP contribution in [-0.2, 0) is 16.1 Å². The molecular weight excluding hydrogens is 322 g/mol. The van der Waals surface area contributed by atoms with Crippen LogP contribution in [0.25, 0.3) is 0 Å². The first-order valence-electron chi connectivity index (χ1n) is 8.72. The summed E-state index contributed by atoms with van der Waals surface area (Å²) in [7, 11) is 0. The van der Waals surface area contributed by atoms with E-state index in [1.807, 2.05) is 28.1 Å². The second-order valence-electron chi connectivity index (χ2n) is 7.25. The molecule has 2 aliphatic rings. The molecule has 6 heteroatoms. The molecule has 132 valence electrons. The first kappa shape index (κ1) is 17.4. The van der Waals surface area contributed by atoms with E-state index in [0.29, 0.717) is 13.0 Å². The van der Waals surface area contributed by atoms with Crippen molar-refractivity contribution in [1.29, 1.82) is 0 Å². The Balaban J connectivity index is 1.80. The molecule has 1 aromatic rings. The summed E-state index contributed by atoms with van der Waals surface area (Å²) in [6, 6.07) is 4.35. The SMILES string of the molecule is CCN1C[C@@]2(CC1=O)CN(Cc1ccc(C)s1)CCN(C(C)=O)C2. The van der Waals surface area contributed by atoms with Gasteiger partial charge in [0.05, 0.1) is 0 Å². The maximum Gasteiger partial charge on any atom is 0.223 e. The Bertz CT molecular complexity index is 630. The fraction of sp³-hybridized carbons (Fsp3) is 0.667. The molecule has 2 saturated heterocycles. The molecule has 0 radical (unpaired) electrons. The lowest BCUT2D eigenvalue weighted by atomic mass is 9.86. The van der Waals surface area contributed by atoms with Crippen LogP contribution in [0.15, 0.2) is 12.1 Å². The highest BCUT2D eigenvalue weighted by atomic mass is 32.1. The molecular formula is C18H27N3O2S.